The maximum Gasteiger partial charge on any atom is 0.410 e. The summed E-state index contributed by atoms with van der Waals surface area (Å²) in [6.07, 6.45) is 5.65. The van der Waals surface area contributed by atoms with Crippen molar-refractivity contribution in [3.05, 3.63) is 64.1 Å². The zero-order valence-corrected chi connectivity index (χ0v) is 22.2. The fourth-order valence-electron chi connectivity index (χ4n) is 4.96. The highest BCUT2D eigenvalue weighted by atomic mass is 35.5. The molecule has 0 unspecified atom stereocenters. The summed E-state index contributed by atoms with van der Waals surface area (Å²) < 4.78 is 7.76. The lowest BCUT2D eigenvalue weighted by atomic mass is 10.00. The minimum absolute atomic E-state index is 0.314. The van der Waals surface area contributed by atoms with Gasteiger partial charge in [0.05, 0.1) is 39.9 Å². The number of halogens is 1. The third-order valence-corrected chi connectivity index (χ3v) is 6.92. The van der Waals surface area contributed by atoms with Crippen LogP contribution in [0.5, 0.6) is 0 Å². The highest BCUT2D eigenvalue weighted by Crippen LogP contribution is 2.38. The number of aromatic amines is 1. The number of nitrogens with zero attached hydrogens (tertiary/aromatic N) is 4. The molecule has 36 heavy (non-hydrogen) atoms. The van der Waals surface area contributed by atoms with E-state index in [-0.39, 0.29) is 6.09 Å². The number of H-pyrrole nitrogens is 1. The van der Waals surface area contributed by atoms with Crippen molar-refractivity contribution >= 4 is 28.6 Å². The number of fused-ring (bicyclic) bond motifs is 2. The van der Waals surface area contributed by atoms with E-state index < -0.39 is 5.60 Å². The van der Waals surface area contributed by atoms with Gasteiger partial charge in [-0.25, -0.2) is 9.48 Å². The molecule has 7 nitrogen and oxygen atoms in total. The maximum atomic E-state index is 13.0. The number of pyridine rings is 1. The number of amides is 1. The SMILES string of the molecule is CCc1cccc(CC)c1-n1nc2c(c1-c1ncc(Cl)c3[nH]ccc13)CN(C(=O)OC(C)(C)C)CC2. The second-order valence-electron chi connectivity index (χ2n) is 10.2. The summed E-state index contributed by atoms with van der Waals surface area (Å²) in [6, 6.07) is 8.42. The van der Waals surface area contributed by atoms with E-state index in [9.17, 15) is 4.79 Å². The Morgan fingerprint density at radius 3 is 2.56 bits per heavy atom. The van der Waals surface area contributed by atoms with E-state index in [0.29, 0.717) is 24.5 Å². The standard InChI is InChI=1S/C28H32ClN5O2/c1-6-17-9-8-10-18(7-2)25(17)34-26(24-19-11-13-30-23(19)21(29)15-31-24)20-16-33(14-12-22(20)32-34)27(35)36-28(3,4)5/h8-11,13,15,30H,6-7,12,14,16H2,1-5H3. The largest absolute Gasteiger partial charge is 0.444 e. The van der Waals surface area contributed by atoms with Gasteiger partial charge in [-0.05, 0) is 50.8 Å². The van der Waals surface area contributed by atoms with Crippen LogP contribution in [0, 0.1) is 0 Å². The van der Waals surface area contributed by atoms with Gasteiger partial charge < -0.3 is 14.6 Å². The first-order chi connectivity index (χ1) is 17.2. The Morgan fingerprint density at radius 2 is 1.89 bits per heavy atom. The molecule has 0 atom stereocenters. The normalized spacial score (nSPS) is 13.8. The monoisotopic (exact) mass is 505 g/mol. The molecule has 0 spiro atoms. The van der Waals surface area contributed by atoms with Gasteiger partial charge in [-0.3, -0.25) is 4.98 Å². The Labute approximate surface area is 216 Å². The third-order valence-electron chi connectivity index (χ3n) is 6.63. The van der Waals surface area contributed by atoms with Gasteiger partial charge in [-0.1, -0.05) is 43.6 Å². The van der Waals surface area contributed by atoms with Crippen LogP contribution < -0.4 is 0 Å². The Balaban J connectivity index is 1.75. The van der Waals surface area contributed by atoms with Crippen LogP contribution in [0.25, 0.3) is 28.0 Å². The van der Waals surface area contributed by atoms with E-state index in [1.54, 1.807) is 11.1 Å². The summed E-state index contributed by atoms with van der Waals surface area (Å²) in [5.41, 5.74) is 7.49. The predicted octanol–water partition coefficient (Wildman–Crippen LogP) is 6.49. The van der Waals surface area contributed by atoms with Gasteiger partial charge in [-0.15, -0.1) is 0 Å². The number of rotatable bonds is 4. The van der Waals surface area contributed by atoms with Crippen molar-refractivity contribution in [1.29, 1.82) is 0 Å². The Bertz CT molecular complexity index is 1420. The molecular formula is C28H32ClN5O2. The molecule has 1 aromatic carbocycles. The molecule has 188 valence electrons. The fraction of sp³-hybridized carbons (Fsp3) is 0.393. The van der Waals surface area contributed by atoms with Crippen LogP contribution in [0.2, 0.25) is 5.02 Å². The summed E-state index contributed by atoms with van der Waals surface area (Å²) in [5, 5.41) is 6.64. The summed E-state index contributed by atoms with van der Waals surface area (Å²) in [6.45, 7) is 11.0. The molecule has 4 heterocycles. The lowest BCUT2D eigenvalue weighted by Gasteiger charge is -2.30. The summed E-state index contributed by atoms with van der Waals surface area (Å²) in [4.78, 5) is 22.8. The van der Waals surface area contributed by atoms with Crippen LogP contribution in [0.15, 0.2) is 36.7 Å². The molecule has 3 aromatic heterocycles. The molecule has 0 saturated heterocycles. The van der Waals surface area contributed by atoms with Gasteiger partial charge >= 0.3 is 6.09 Å². The third kappa shape index (κ3) is 4.26. The number of para-hydroxylation sites is 1. The van der Waals surface area contributed by atoms with Crippen molar-refractivity contribution in [2.24, 2.45) is 0 Å². The average molecular weight is 506 g/mol. The molecule has 0 aliphatic carbocycles. The van der Waals surface area contributed by atoms with Crippen molar-refractivity contribution in [2.75, 3.05) is 6.54 Å². The minimum atomic E-state index is -0.560. The summed E-state index contributed by atoms with van der Waals surface area (Å²) in [7, 11) is 0. The molecule has 0 fully saturated rings. The zero-order valence-electron chi connectivity index (χ0n) is 21.5. The van der Waals surface area contributed by atoms with Gasteiger partial charge in [0.25, 0.3) is 0 Å². The van der Waals surface area contributed by atoms with Crippen molar-refractivity contribution in [1.82, 2.24) is 24.6 Å². The van der Waals surface area contributed by atoms with Gasteiger partial charge in [0.2, 0.25) is 0 Å². The van der Waals surface area contributed by atoms with E-state index in [1.807, 2.05) is 33.0 Å². The predicted molar refractivity (Wildman–Crippen MR) is 143 cm³/mol. The van der Waals surface area contributed by atoms with Gasteiger partial charge in [-0.2, -0.15) is 5.10 Å². The second-order valence-corrected chi connectivity index (χ2v) is 10.6. The van der Waals surface area contributed by atoms with E-state index in [4.69, 9.17) is 26.4 Å². The fourth-order valence-corrected chi connectivity index (χ4v) is 5.16. The molecule has 8 heteroatoms. The molecule has 0 saturated carbocycles. The first-order valence-corrected chi connectivity index (χ1v) is 12.9. The number of hydrogen-bond acceptors (Lipinski definition) is 4. The lowest BCUT2D eigenvalue weighted by Crippen LogP contribution is -2.39. The van der Waals surface area contributed by atoms with Crippen molar-refractivity contribution in [3.63, 3.8) is 0 Å². The van der Waals surface area contributed by atoms with E-state index >= 15 is 0 Å². The van der Waals surface area contributed by atoms with Crippen LogP contribution in [0.4, 0.5) is 4.79 Å². The molecule has 5 rings (SSSR count). The number of carbonyl (C=O) groups is 1. The lowest BCUT2D eigenvalue weighted by molar-refractivity contribution is 0.0224. The zero-order chi connectivity index (χ0) is 25.6. The number of benzene rings is 1. The summed E-state index contributed by atoms with van der Waals surface area (Å²) in [5.74, 6) is 0. The molecular weight excluding hydrogens is 474 g/mol. The topological polar surface area (TPSA) is 76.0 Å². The highest BCUT2D eigenvalue weighted by Gasteiger charge is 2.32. The van der Waals surface area contributed by atoms with E-state index in [1.165, 1.54) is 11.1 Å². The van der Waals surface area contributed by atoms with Crippen LogP contribution in [-0.2, 0) is 30.5 Å². The van der Waals surface area contributed by atoms with E-state index in [0.717, 1.165) is 52.1 Å². The number of aromatic nitrogens is 4. The molecule has 1 amide bonds. The molecule has 1 N–H and O–H groups in total. The quantitative estimate of drug-likeness (QED) is 0.344. The van der Waals surface area contributed by atoms with E-state index in [2.05, 4.69) is 41.7 Å². The van der Waals surface area contributed by atoms with Crippen LogP contribution in [-0.4, -0.2) is 42.9 Å². The highest BCUT2D eigenvalue weighted by molar-refractivity contribution is 6.35. The van der Waals surface area contributed by atoms with Gasteiger partial charge in [0.1, 0.15) is 5.60 Å². The van der Waals surface area contributed by atoms with Crippen LogP contribution >= 0.6 is 11.6 Å². The molecule has 0 radical (unpaired) electrons. The summed E-state index contributed by atoms with van der Waals surface area (Å²) >= 11 is 6.47. The smallest absolute Gasteiger partial charge is 0.410 e. The number of aryl methyl sites for hydroxylation is 2. The maximum absolute atomic E-state index is 13.0. The van der Waals surface area contributed by atoms with Crippen molar-refractivity contribution in [2.45, 2.75) is 66.0 Å². The Kier molecular flexibility index (Phi) is 6.29. The minimum Gasteiger partial charge on any atom is -0.444 e. The van der Waals surface area contributed by atoms with Crippen molar-refractivity contribution in [3.8, 4) is 17.1 Å². The second kappa shape index (κ2) is 9.28. The average Bonchev–Trinajstić information content (AvgIpc) is 3.48. The van der Waals surface area contributed by atoms with Crippen molar-refractivity contribution < 1.29 is 9.53 Å². The number of nitrogens with one attached hydrogen (secondary N) is 1. The Hall–Kier alpha value is -3.32. The molecule has 0 bridgehead atoms. The Morgan fingerprint density at radius 1 is 1.17 bits per heavy atom. The molecule has 1 aliphatic rings. The van der Waals surface area contributed by atoms with Crippen LogP contribution in [0.3, 0.4) is 0 Å². The first kappa shape index (κ1) is 24.4. The molecule has 1 aliphatic heterocycles. The number of ether oxygens (including phenoxy) is 1. The van der Waals surface area contributed by atoms with Gasteiger partial charge in [0, 0.05) is 36.3 Å². The number of hydrogen-bond donors (Lipinski definition) is 1. The first-order valence-electron chi connectivity index (χ1n) is 12.5. The van der Waals surface area contributed by atoms with Gasteiger partial charge in [0.15, 0.2) is 0 Å². The molecule has 4 aromatic rings. The van der Waals surface area contributed by atoms with Crippen LogP contribution in [0.1, 0.15) is 57.0 Å². The number of carbonyl (C=O) groups excluding carboxylic acids is 1.